The molecule has 1 aromatic rings. The second-order valence-electron chi connectivity index (χ2n) is 4.67. The quantitative estimate of drug-likeness (QED) is 0.308. The monoisotopic (exact) mass is 279 g/mol. The van der Waals surface area contributed by atoms with Crippen molar-refractivity contribution >= 4 is 17.4 Å². The van der Waals surface area contributed by atoms with Crippen LogP contribution in [0.15, 0.2) is 29.4 Å². The van der Waals surface area contributed by atoms with Gasteiger partial charge in [0.25, 0.3) is 0 Å². The molecule has 1 aromatic carbocycles. The minimum atomic E-state index is -0.00377. The zero-order valence-corrected chi connectivity index (χ0v) is 11.8. The molecule has 0 saturated carbocycles. The molecule has 0 aliphatic heterocycles. The van der Waals surface area contributed by atoms with Crippen LogP contribution in [0, 0.1) is 5.92 Å². The van der Waals surface area contributed by atoms with Crippen LogP contribution in [-0.2, 0) is 4.79 Å². The number of amides is 1. The third-order valence-corrected chi connectivity index (χ3v) is 2.88. The molecule has 1 amide bonds. The summed E-state index contributed by atoms with van der Waals surface area (Å²) in [5.41, 5.74) is 6.01. The van der Waals surface area contributed by atoms with E-state index < -0.39 is 0 Å². The molecule has 0 fully saturated rings. The van der Waals surface area contributed by atoms with Crippen molar-refractivity contribution in [3.63, 3.8) is 0 Å². The molecular formula is C14H21N3O3. The lowest BCUT2D eigenvalue weighted by atomic mass is 10.1. The number of anilines is 1. The molecule has 1 unspecified atom stereocenters. The highest BCUT2D eigenvalue weighted by Gasteiger charge is 2.07. The Morgan fingerprint density at radius 1 is 1.45 bits per heavy atom. The Kier molecular flexibility index (Phi) is 6.36. The summed E-state index contributed by atoms with van der Waals surface area (Å²) in [6, 6.07) is 6.92. The van der Waals surface area contributed by atoms with E-state index in [4.69, 9.17) is 15.7 Å². The van der Waals surface area contributed by atoms with Crippen LogP contribution in [0.25, 0.3) is 0 Å². The second-order valence-corrected chi connectivity index (χ2v) is 4.67. The number of carbonyl (C=O) groups excluding carboxylic acids is 1. The number of rotatable bonds is 7. The van der Waals surface area contributed by atoms with Gasteiger partial charge in [0.05, 0.1) is 0 Å². The molecular weight excluding hydrogens is 258 g/mol. The van der Waals surface area contributed by atoms with E-state index in [1.165, 1.54) is 0 Å². The highest BCUT2D eigenvalue weighted by molar-refractivity contribution is 5.90. The lowest BCUT2D eigenvalue weighted by Gasteiger charge is -2.10. The van der Waals surface area contributed by atoms with Crippen molar-refractivity contribution in [2.75, 3.05) is 11.9 Å². The maximum atomic E-state index is 11.7. The molecule has 0 radical (unpaired) electrons. The second kappa shape index (κ2) is 8.04. The average Bonchev–Trinajstić information content (AvgIpc) is 2.45. The lowest BCUT2D eigenvalue weighted by molar-refractivity contribution is -0.117. The molecule has 110 valence electrons. The van der Waals surface area contributed by atoms with Crippen LogP contribution < -0.4 is 15.8 Å². The minimum absolute atomic E-state index is 0.00377. The molecule has 4 N–H and O–H groups in total. The van der Waals surface area contributed by atoms with Crippen molar-refractivity contribution in [1.82, 2.24) is 0 Å². The maximum Gasteiger partial charge on any atom is 0.224 e. The van der Waals surface area contributed by atoms with Gasteiger partial charge in [0, 0.05) is 12.1 Å². The topological polar surface area (TPSA) is 96.9 Å². The van der Waals surface area contributed by atoms with Crippen molar-refractivity contribution in [3.05, 3.63) is 24.3 Å². The first kappa shape index (κ1) is 15.8. The molecule has 0 aromatic heterocycles. The molecule has 6 heteroatoms. The number of nitrogens with one attached hydrogen (secondary N) is 1. The number of ether oxygens (including phenoxy) is 1. The molecule has 0 spiro atoms. The Morgan fingerprint density at radius 2 is 2.10 bits per heavy atom. The van der Waals surface area contributed by atoms with Crippen LogP contribution in [-0.4, -0.2) is 23.6 Å². The summed E-state index contributed by atoms with van der Waals surface area (Å²) >= 11 is 0. The number of carbonyl (C=O) groups is 1. The number of oxime groups is 1. The smallest absolute Gasteiger partial charge is 0.224 e. The van der Waals surface area contributed by atoms with Crippen LogP contribution in [0.2, 0.25) is 0 Å². The standard InChI is InChI=1S/C14H21N3O3/c1-3-10(2)8-14(18)16-11-4-6-12(7-5-11)20-9-13(15)17-19/h4-7,10,19H,3,8-9H2,1-2H3,(H2,15,17)(H,16,18). The first-order chi connectivity index (χ1) is 9.55. The Labute approximate surface area is 118 Å². The molecule has 1 rings (SSSR count). The normalized spacial score (nSPS) is 12.8. The number of hydrogen-bond donors (Lipinski definition) is 3. The number of hydrogen-bond acceptors (Lipinski definition) is 4. The van der Waals surface area contributed by atoms with Gasteiger partial charge in [-0.15, -0.1) is 0 Å². The van der Waals surface area contributed by atoms with Crippen LogP contribution >= 0.6 is 0 Å². The van der Waals surface area contributed by atoms with E-state index in [-0.39, 0.29) is 18.3 Å². The Balaban J connectivity index is 2.48. The third-order valence-electron chi connectivity index (χ3n) is 2.88. The lowest BCUT2D eigenvalue weighted by Crippen LogP contribution is -2.20. The summed E-state index contributed by atoms with van der Waals surface area (Å²) in [7, 11) is 0. The van der Waals surface area contributed by atoms with E-state index in [9.17, 15) is 4.79 Å². The zero-order chi connectivity index (χ0) is 15.0. The number of benzene rings is 1. The summed E-state index contributed by atoms with van der Waals surface area (Å²) in [4.78, 5) is 11.7. The fraction of sp³-hybridized carbons (Fsp3) is 0.429. The van der Waals surface area contributed by atoms with E-state index in [0.717, 1.165) is 12.1 Å². The third kappa shape index (κ3) is 5.60. The average molecular weight is 279 g/mol. The van der Waals surface area contributed by atoms with Crippen LogP contribution in [0.3, 0.4) is 0 Å². The number of nitrogens with two attached hydrogens (primary N) is 1. The molecule has 1 atom stereocenters. The van der Waals surface area contributed by atoms with Crippen molar-refractivity contribution in [1.29, 1.82) is 0 Å². The van der Waals surface area contributed by atoms with E-state index >= 15 is 0 Å². The predicted octanol–water partition coefficient (Wildman–Crippen LogP) is 2.19. The number of amidine groups is 1. The largest absolute Gasteiger partial charge is 0.486 e. The predicted molar refractivity (Wildman–Crippen MR) is 78.0 cm³/mol. The van der Waals surface area contributed by atoms with Gasteiger partial charge in [-0.25, -0.2) is 0 Å². The Morgan fingerprint density at radius 3 is 2.65 bits per heavy atom. The first-order valence-corrected chi connectivity index (χ1v) is 6.54. The maximum absolute atomic E-state index is 11.7. The summed E-state index contributed by atoms with van der Waals surface area (Å²) in [5.74, 6) is 0.954. The van der Waals surface area contributed by atoms with Gasteiger partial charge in [0.2, 0.25) is 5.91 Å². The summed E-state index contributed by atoms with van der Waals surface area (Å²) in [6.07, 6.45) is 1.49. The number of nitrogens with zero attached hydrogens (tertiary/aromatic N) is 1. The van der Waals surface area contributed by atoms with Crippen molar-refractivity contribution in [2.45, 2.75) is 26.7 Å². The van der Waals surface area contributed by atoms with E-state index in [1.807, 2.05) is 6.92 Å². The Bertz CT molecular complexity index is 457. The summed E-state index contributed by atoms with van der Waals surface area (Å²) < 4.78 is 5.27. The summed E-state index contributed by atoms with van der Waals surface area (Å²) in [5, 5.41) is 14.0. The molecule has 0 bridgehead atoms. The molecule has 6 nitrogen and oxygen atoms in total. The fourth-order valence-corrected chi connectivity index (χ4v) is 1.49. The van der Waals surface area contributed by atoms with E-state index in [0.29, 0.717) is 18.1 Å². The minimum Gasteiger partial charge on any atom is -0.486 e. The van der Waals surface area contributed by atoms with Crippen LogP contribution in [0.5, 0.6) is 5.75 Å². The highest BCUT2D eigenvalue weighted by atomic mass is 16.5. The van der Waals surface area contributed by atoms with Gasteiger partial charge in [0.15, 0.2) is 5.84 Å². The van der Waals surface area contributed by atoms with Gasteiger partial charge in [-0.05, 0) is 30.2 Å². The van der Waals surface area contributed by atoms with Gasteiger partial charge < -0.3 is 21.0 Å². The summed E-state index contributed by atoms with van der Waals surface area (Å²) in [6.45, 7) is 4.12. The zero-order valence-electron chi connectivity index (χ0n) is 11.8. The van der Waals surface area contributed by atoms with Gasteiger partial charge in [-0.1, -0.05) is 25.4 Å². The van der Waals surface area contributed by atoms with Crippen molar-refractivity contribution in [3.8, 4) is 5.75 Å². The fourth-order valence-electron chi connectivity index (χ4n) is 1.49. The van der Waals surface area contributed by atoms with Crippen LogP contribution in [0.4, 0.5) is 5.69 Å². The highest BCUT2D eigenvalue weighted by Crippen LogP contribution is 2.16. The van der Waals surface area contributed by atoms with Gasteiger partial charge in [-0.2, -0.15) is 0 Å². The Hall–Kier alpha value is -2.24. The molecule has 20 heavy (non-hydrogen) atoms. The molecule has 0 saturated heterocycles. The van der Waals surface area contributed by atoms with Gasteiger partial charge in [0.1, 0.15) is 12.4 Å². The molecule has 0 heterocycles. The van der Waals surface area contributed by atoms with E-state index in [2.05, 4.69) is 17.4 Å². The first-order valence-electron chi connectivity index (χ1n) is 6.54. The van der Waals surface area contributed by atoms with Crippen molar-refractivity contribution in [2.24, 2.45) is 16.8 Å². The molecule has 0 aliphatic rings. The van der Waals surface area contributed by atoms with Crippen LogP contribution in [0.1, 0.15) is 26.7 Å². The van der Waals surface area contributed by atoms with E-state index in [1.54, 1.807) is 24.3 Å². The van der Waals surface area contributed by atoms with Crippen molar-refractivity contribution < 1.29 is 14.7 Å². The van der Waals surface area contributed by atoms with Gasteiger partial charge >= 0.3 is 0 Å². The SMILES string of the molecule is CCC(C)CC(=O)Nc1ccc(OC/C(N)=N/O)cc1. The van der Waals surface area contributed by atoms with Gasteiger partial charge in [-0.3, -0.25) is 4.79 Å². The molecule has 0 aliphatic carbocycles.